The van der Waals surface area contributed by atoms with E-state index in [0.29, 0.717) is 5.69 Å². The monoisotopic (exact) mass is 290 g/mol. The van der Waals surface area contributed by atoms with Crippen molar-refractivity contribution in [2.75, 3.05) is 38.1 Å². The Balaban J connectivity index is 2.09. The molecule has 2 atom stereocenters. The van der Waals surface area contributed by atoms with Crippen molar-refractivity contribution in [2.24, 2.45) is 0 Å². The highest BCUT2D eigenvalue weighted by Crippen LogP contribution is 2.26. The number of aromatic nitrogens is 1. The molecule has 100 valence electrons. The summed E-state index contributed by atoms with van der Waals surface area (Å²) in [6.07, 6.45) is 0.0668. The third kappa shape index (κ3) is 2.66. The van der Waals surface area contributed by atoms with E-state index < -0.39 is 0 Å². The fourth-order valence-corrected chi connectivity index (χ4v) is 2.95. The predicted octanol–water partition coefficient (Wildman–Crippen LogP) is 1.41. The van der Waals surface area contributed by atoms with E-state index in [1.54, 1.807) is 19.6 Å². The van der Waals surface area contributed by atoms with E-state index in [4.69, 9.17) is 21.1 Å². The number of anilines is 1. The summed E-state index contributed by atoms with van der Waals surface area (Å²) in [6, 6.07) is 0. The summed E-state index contributed by atoms with van der Waals surface area (Å²) in [5.74, 6) is -0.185. The largest absolute Gasteiger partial charge is 0.377 e. The fraction of sp³-hybridized carbons (Fsp3) is 0.636. The van der Waals surface area contributed by atoms with Crippen LogP contribution in [-0.4, -0.2) is 56.2 Å². The standard InChI is InChI=1S/C11H15ClN2O3S/c1-16-9-4-14(5-10(9)17-2)11-13-7(6-18-11)8(15)3-12/h6,9-10H,3-5H2,1-2H3. The molecule has 0 saturated carbocycles. The third-order valence-electron chi connectivity index (χ3n) is 2.99. The molecule has 1 fully saturated rings. The number of thiazole rings is 1. The van der Waals surface area contributed by atoms with Crippen LogP contribution in [0.2, 0.25) is 0 Å². The number of ketones is 1. The molecule has 18 heavy (non-hydrogen) atoms. The van der Waals surface area contributed by atoms with Gasteiger partial charge in [-0.05, 0) is 0 Å². The summed E-state index contributed by atoms with van der Waals surface area (Å²) < 4.78 is 10.7. The molecule has 1 aromatic heterocycles. The molecular weight excluding hydrogens is 276 g/mol. The summed E-state index contributed by atoms with van der Waals surface area (Å²) in [5.41, 5.74) is 0.430. The first-order valence-electron chi connectivity index (χ1n) is 5.54. The lowest BCUT2D eigenvalue weighted by Crippen LogP contribution is -2.27. The van der Waals surface area contributed by atoms with Gasteiger partial charge in [-0.25, -0.2) is 4.98 Å². The van der Waals surface area contributed by atoms with Crippen molar-refractivity contribution in [1.29, 1.82) is 0 Å². The first-order chi connectivity index (χ1) is 8.69. The van der Waals surface area contributed by atoms with Crippen LogP contribution in [0, 0.1) is 0 Å². The molecular formula is C11H15ClN2O3S. The highest BCUT2D eigenvalue weighted by atomic mass is 35.5. The van der Waals surface area contributed by atoms with Crippen LogP contribution < -0.4 is 4.90 Å². The Morgan fingerprint density at radius 3 is 2.61 bits per heavy atom. The van der Waals surface area contributed by atoms with Crippen molar-refractivity contribution in [3.8, 4) is 0 Å². The first-order valence-corrected chi connectivity index (χ1v) is 6.96. The molecule has 1 aromatic rings. The molecule has 5 nitrogen and oxygen atoms in total. The maximum atomic E-state index is 11.4. The Kier molecular flexibility index (Phi) is 4.55. The maximum absolute atomic E-state index is 11.4. The van der Waals surface area contributed by atoms with Crippen LogP contribution in [0.3, 0.4) is 0 Å². The molecule has 0 amide bonds. The molecule has 2 heterocycles. The average molecular weight is 291 g/mol. The first kappa shape index (κ1) is 13.7. The second-order valence-electron chi connectivity index (χ2n) is 4.03. The maximum Gasteiger partial charge on any atom is 0.196 e. The van der Waals surface area contributed by atoms with Gasteiger partial charge in [0.15, 0.2) is 10.9 Å². The molecule has 2 unspecified atom stereocenters. The Bertz CT molecular complexity index is 414. The van der Waals surface area contributed by atoms with Gasteiger partial charge in [0.1, 0.15) is 17.9 Å². The number of halogens is 1. The SMILES string of the molecule is COC1CN(c2nc(C(=O)CCl)cs2)CC1OC. The van der Waals surface area contributed by atoms with Gasteiger partial charge in [0.25, 0.3) is 0 Å². The number of ether oxygens (including phenoxy) is 2. The molecule has 1 aliphatic rings. The third-order valence-corrected chi connectivity index (χ3v) is 4.13. The Morgan fingerprint density at radius 1 is 1.50 bits per heavy atom. The molecule has 0 aromatic carbocycles. The van der Waals surface area contributed by atoms with Crippen LogP contribution in [0.5, 0.6) is 0 Å². The smallest absolute Gasteiger partial charge is 0.196 e. The lowest BCUT2D eigenvalue weighted by molar-refractivity contribution is -0.00461. The molecule has 0 bridgehead atoms. The zero-order valence-electron chi connectivity index (χ0n) is 10.3. The number of carbonyl (C=O) groups excluding carboxylic acids is 1. The van der Waals surface area contributed by atoms with Crippen molar-refractivity contribution in [3.05, 3.63) is 11.1 Å². The highest BCUT2D eigenvalue weighted by molar-refractivity contribution is 7.14. The van der Waals surface area contributed by atoms with Gasteiger partial charge in [0.05, 0.1) is 5.88 Å². The van der Waals surface area contributed by atoms with Crippen molar-refractivity contribution in [1.82, 2.24) is 4.98 Å². The van der Waals surface area contributed by atoms with Gasteiger partial charge in [0, 0.05) is 32.7 Å². The fourth-order valence-electron chi connectivity index (χ4n) is 1.96. The van der Waals surface area contributed by atoms with Crippen molar-refractivity contribution in [2.45, 2.75) is 12.2 Å². The van der Waals surface area contributed by atoms with E-state index >= 15 is 0 Å². The van der Waals surface area contributed by atoms with Gasteiger partial charge in [-0.3, -0.25) is 4.79 Å². The number of nitrogens with zero attached hydrogens (tertiary/aromatic N) is 2. The van der Waals surface area contributed by atoms with E-state index in [2.05, 4.69) is 9.88 Å². The van der Waals surface area contributed by atoms with Crippen LogP contribution in [0.1, 0.15) is 10.5 Å². The van der Waals surface area contributed by atoms with Crippen LogP contribution in [-0.2, 0) is 9.47 Å². The number of rotatable bonds is 5. The van der Waals surface area contributed by atoms with Crippen molar-refractivity contribution >= 4 is 33.9 Å². The van der Waals surface area contributed by atoms with Gasteiger partial charge >= 0.3 is 0 Å². The van der Waals surface area contributed by atoms with E-state index in [-0.39, 0.29) is 23.9 Å². The molecule has 1 saturated heterocycles. The molecule has 7 heteroatoms. The molecule has 0 radical (unpaired) electrons. The van der Waals surface area contributed by atoms with E-state index in [0.717, 1.165) is 18.2 Å². The highest BCUT2D eigenvalue weighted by Gasteiger charge is 2.34. The second kappa shape index (κ2) is 5.97. The number of Topliss-reactive ketones (excluding diaryl/α,β-unsaturated/α-hetero) is 1. The minimum absolute atomic E-state index is 0.0334. The average Bonchev–Trinajstić information content (AvgIpc) is 3.03. The minimum Gasteiger partial charge on any atom is -0.377 e. The van der Waals surface area contributed by atoms with Crippen molar-refractivity contribution in [3.63, 3.8) is 0 Å². The van der Waals surface area contributed by atoms with Crippen LogP contribution in [0.4, 0.5) is 5.13 Å². The quantitative estimate of drug-likeness (QED) is 0.606. The lowest BCUT2D eigenvalue weighted by atomic mass is 10.3. The zero-order chi connectivity index (χ0) is 13.1. The number of hydrogen-bond donors (Lipinski definition) is 0. The van der Waals surface area contributed by atoms with Gasteiger partial charge in [-0.15, -0.1) is 22.9 Å². The summed E-state index contributed by atoms with van der Waals surface area (Å²) >= 11 is 6.95. The summed E-state index contributed by atoms with van der Waals surface area (Å²) in [5, 5.41) is 2.55. The predicted molar refractivity (Wildman–Crippen MR) is 71.0 cm³/mol. The number of methoxy groups -OCH3 is 2. The summed E-state index contributed by atoms with van der Waals surface area (Å²) in [7, 11) is 3.34. The Morgan fingerprint density at radius 2 is 2.11 bits per heavy atom. The van der Waals surface area contributed by atoms with E-state index in [9.17, 15) is 4.79 Å². The molecule has 0 spiro atoms. The molecule has 0 aliphatic carbocycles. The van der Waals surface area contributed by atoms with Gasteiger partial charge in [-0.1, -0.05) is 0 Å². The Hall–Kier alpha value is -0.690. The van der Waals surface area contributed by atoms with Crippen LogP contribution in [0.25, 0.3) is 0 Å². The zero-order valence-corrected chi connectivity index (χ0v) is 11.8. The number of carbonyl (C=O) groups is 1. The van der Waals surface area contributed by atoms with Gasteiger partial charge in [0.2, 0.25) is 0 Å². The van der Waals surface area contributed by atoms with Gasteiger partial charge < -0.3 is 14.4 Å². The lowest BCUT2D eigenvalue weighted by Gasteiger charge is -2.13. The number of hydrogen-bond acceptors (Lipinski definition) is 6. The second-order valence-corrected chi connectivity index (χ2v) is 5.13. The minimum atomic E-state index is -0.148. The van der Waals surface area contributed by atoms with Crippen LogP contribution >= 0.6 is 22.9 Å². The normalized spacial score (nSPS) is 23.6. The van der Waals surface area contributed by atoms with Gasteiger partial charge in [-0.2, -0.15) is 0 Å². The molecule has 2 rings (SSSR count). The number of alkyl halides is 1. The topological polar surface area (TPSA) is 51.7 Å². The Labute approximate surface area is 115 Å². The van der Waals surface area contributed by atoms with E-state index in [1.165, 1.54) is 11.3 Å². The molecule has 1 aliphatic heterocycles. The summed E-state index contributed by atoms with van der Waals surface area (Å²) in [4.78, 5) is 17.8. The van der Waals surface area contributed by atoms with Crippen LogP contribution in [0.15, 0.2) is 5.38 Å². The molecule has 0 N–H and O–H groups in total. The summed E-state index contributed by atoms with van der Waals surface area (Å²) in [6.45, 7) is 1.44. The van der Waals surface area contributed by atoms with E-state index in [1.807, 2.05) is 0 Å². The van der Waals surface area contributed by atoms with Crippen molar-refractivity contribution < 1.29 is 14.3 Å².